The summed E-state index contributed by atoms with van der Waals surface area (Å²) in [5.74, 6) is 0. The highest BCUT2D eigenvalue weighted by Gasteiger charge is 2.01. The molecule has 1 aliphatic rings. The normalized spacial score (nSPS) is 16.8. The minimum Gasteiger partial charge on any atom is -0.394 e. The number of rotatable bonds is 3. The molecule has 1 aliphatic heterocycles. The molecule has 2 nitrogen and oxygen atoms in total. The summed E-state index contributed by atoms with van der Waals surface area (Å²) in [6.07, 6.45) is 11.9. The minimum atomic E-state index is 0.974. The third-order valence-electron chi connectivity index (χ3n) is 1.99. The smallest absolute Gasteiger partial charge is 0.0306 e. The fraction of sp³-hybridized carbons (Fsp3) is 0.364. The van der Waals surface area contributed by atoms with Crippen LogP contribution in [0.1, 0.15) is 19.8 Å². The van der Waals surface area contributed by atoms with Gasteiger partial charge in [0.15, 0.2) is 0 Å². The summed E-state index contributed by atoms with van der Waals surface area (Å²) in [5.41, 5.74) is 2.62. The molecule has 0 aliphatic carbocycles. The fourth-order valence-electron chi connectivity index (χ4n) is 1.30. The second-order valence-electron chi connectivity index (χ2n) is 2.90. The number of aliphatic imine (C=N–C) groups is 1. The van der Waals surface area contributed by atoms with Gasteiger partial charge in [-0.15, -0.1) is 0 Å². The second kappa shape index (κ2) is 5.36. The fourth-order valence-corrected chi connectivity index (χ4v) is 1.30. The molecule has 0 saturated heterocycles. The molecule has 0 fully saturated rings. The van der Waals surface area contributed by atoms with Crippen molar-refractivity contribution in [2.75, 3.05) is 7.05 Å². The third kappa shape index (κ3) is 2.90. The van der Waals surface area contributed by atoms with Crippen molar-refractivity contribution < 1.29 is 0 Å². The predicted octanol–water partition coefficient (Wildman–Crippen LogP) is 2.41. The van der Waals surface area contributed by atoms with E-state index in [1.165, 1.54) is 11.1 Å². The molecule has 1 rings (SSSR count). The Morgan fingerprint density at radius 2 is 2.54 bits per heavy atom. The van der Waals surface area contributed by atoms with Crippen LogP contribution in [0, 0.1) is 0 Å². The van der Waals surface area contributed by atoms with Gasteiger partial charge in [-0.2, -0.15) is 0 Å². The molecular formula is C11H16N2. The lowest BCUT2D eigenvalue weighted by molar-refractivity contribution is 0.996. The highest BCUT2D eigenvalue weighted by molar-refractivity contribution is 5.72. The van der Waals surface area contributed by atoms with Crippen LogP contribution in [-0.2, 0) is 0 Å². The Balaban J connectivity index is 2.79. The van der Waals surface area contributed by atoms with Crippen LogP contribution >= 0.6 is 0 Å². The summed E-state index contributed by atoms with van der Waals surface area (Å²) in [7, 11) is 1.92. The van der Waals surface area contributed by atoms with E-state index in [1.54, 1.807) is 0 Å². The highest BCUT2D eigenvalue weighted by Crippen LogP contribution is 2.18. The van der Waals surface area contributed by atoms with Crippen LogP contribution in [0.3, 0.4) is 0 Å². The van der Waals surface area contributed by atoms with Gasteiger partial charge in [0.2, 0.25) is 0 Å². The maximum atomic E-state index is 4.16. The molecule has 13 heavy (non-hydrogen) atoms. The maximum absolute atomic E-state index is 4.16. The molecule has 0 aromatic heterocycles. The SMILES string of the molecule is CC/C(=C/NC)C1=CN=CC=CC1. The molecule has 1 N–H and O–H groups in total. The zero-order chi connectivity index (χ0) is 9.52. The van der Waals surface area contributed by atoms with E-state index < -0.39 is 0 Å². The van der Waals surface area contributed by atoms with E-state index in [-0.39, 0.29) is 0 Å². The molecule has 0 atom stereocenters. The molecule has 2 heteroatoms. The summed E-state index contributed by atoms with van der Waals surface area (Å²) in [6, 6.07) is 0. The van der Waals surface area contributed by atoms with Crippen molar-refractivity contribution in [1.82, 2.24) is 5.32 Å². The van der Waals surface area contributed by atoms with Gasteiger partial charge in [-0.25, -0.2) is 0 Å². The van der Waals surface area contributed by atoms with Crippen molar-refractivity contribution in [3.63, 3.8) is 0 Å². The van der Waals surface area contributed by atoms with E-state index >= 15 is 0 Å². The van der Waals surface area contributed by atoms with Crippen LogP contribution in [0.25, 0.3) is 0 Å². The van der Waals surface area contributed by atoms with E-state index in [2.05, 4.69) is 23.3 Å². The van der Waals surface area contributed by atoms with Crippen LogP contribution in [0.5, 0.6) is 0 Å². The van der Waals surface area contributed by atoms with Crippen molar-refractivity contribution in [1.29, 1.82) is 0 Å². The lowest BCUT2D eigenvalue weighted by Crippen LogP contribution is -1.98. The van der Waals surface area contributed by atoms with Gasteiger partial charge >= 0.3 is 0 Å². The maximum Gasteiger partial charge on any atom is 0.0306 e. The lowest BCUT2D eigenvalue weighted by Gasteiger charge is -2.06. The van der Waals surface area contributed by atoms with Crippen molar-refractivity contribution in [3.8, 4) is 0 Å². The molecule has 0 aromatic carbocycles. The summed E-state index contributed by atoms with van der Waals surface area (Å²) in [5, 5.41) is 3.06. The molecule has 0 radical (unpaired) electrons. The van der Waals surface area contributed by atoms with Crippen LogP contribution < -0.4 is 5.32 Å². The summed E-state index contributed by atoms with van der Waals surface area (Å²) in [6.45, 7) is 2.16. The first-order chi connectivity index (χ1) is 6.38. The van der Waals surface area contributed by atoms with Crippen molar-refractivity contribution in [3.05, 3.63) is 35.7 Å². The Morgan fingerprint density at radius 3 is 3.23 bits per heavy atom. The Hall–Kier alpha value is -1.31. The number of nitrogens with one attached hydrogen (secondary N) is 1. The molecule has 70 valence electrons. The number of hydrogen-bond acceptors (Lipinski definition) is 2. The topological polar surface area (TPSA) is 24.4 Å². The first-order valence-corrected chi connectivity index (χ1v) is 4.62. The van der Waals surface area contributed by atoms with Crippen LogP contribution in [-0.4, -0.2) is 13.3 Å². The van der Waals surface area contributed by atoms with Crippen LogP contribution in [0.2, 0.25) is 0 Å². The van der Waals surface area contributed by atoms with Crippen LogP contribution in [0.4, 0.5) is 0 Å². The number of hydrogen-bond donors (Lipinski definition) is 1. The van der Waals surface area contributed by atoms with E-state index in [1.807, 2.05) is 31.7 Å². The Bertz CT molecular complexity index is 270. The van der Waals surface area contributed by atoms with Gasteiger partial charge in [0, 0.05) is 19.5 Å². The highest BCUT2D eigenvalue weighted by atomic mass is 14.8. The van der Waals surface area contributed by atoms with E-state index in [9.17, 15) is 0 Å². The molecule has 0 spiro atoms. The average Bonchev–Trinajstić information content (AvgIpc) is 2.42. The second-order valence-corrected chi connectivity index (χ2v) is 2.90. The molecule has 0 unspecified atom stereocenters. The van der Waals surface area contributed by atoms with Crippen molar-refractivity contribution in [2.24, 2.45) is 4.99 Å². The molecule has 0 amide bonds. The Kier molecular flexibility index (Phi) is 4.03. The van der Waals surface area contributed by atoms with Crippen molar-refractivity contribution in [2.45, 2.75) is 19.8 Å². The molecule has 0 bridgehead atoms. The van der Waals surface area contributed by atoms with Gasteiger partial charge in [0.05, 0.1) is 0 Å². The van der Waals surface area contributed by atoms with Gasteiger partial charge in [0.25, 0.3) is 0 Å². The summed E-state index contributed by atoms with van der Waals surface area (Å²) >= 11 is 0. The molecule has 1 heterocycles. The van der Waals surface area contributed by atoms with Gasteiger partial charge in [-0.05, 0) is 36.3 Å². The quantitative estimate of drug-likeness (QED) is 0.701. The zero-order valence-corrected chi connectivity index (χ0v) is 8.25. The number of nitrogens with zero attached hydrogens (tertiary/aromatic N) is 1. The minimum absolute atomic E-state index is 0.974. The number of allylic oxidation sites excluding steroid dienone is 4. The Labute approximate surface area is 79.8 Å². The third-order valence-corrected chi connectivity index (χ3v) is 1.99. The molecular weight excluding hydrogens is 160 g/mol. The summed E-state index contributed by atoms with van der Waals surface area (Å²) < 4.78 is 0. The predicted molar refractivity (Wildman–Crippen MR) is 57.8 cm³/mol. The molecule has 0 saturated carbocycles. The monoisotopic (exact) mass is 176 g/mol. The van der Waals surface area contributed by atoms with Gasteiger partial charge in [-0.3, -0.25) is 4.99 Å². The van der Waals surface area contributed by atoms with E-state index in [0.29, 0.717) is 0 Å². The van der Waals surface area contributed by atoms with Gasteiger partial charge in [-0.1, -0.05) is 13.0 Å². The average molecular weight is 176 g/mol. The molecule has 0 aromatic rings. The van der Waals surface area contributed by atoms with Crippen molar-refractivity contribution >= 4 is 6.21 Å². The first-order valence-electron chi connectivity index (χ1n) is 4.62. The Morgan fingerprint density at radius 1 is 1.69 bits per heavy atom. The van der Waals surface area contributed by atoms with E-state index in [0.717, 1.165) is 12.8 Å². The standard InChI is InChI=1S/C11H16N2/c1-3-10(8-12-2)11-6-4-5-7-13-9-11/h4-5,7-9,12H,3,6H2,1-2H3/b10-8-. The summed E-state index contributed by atoms with van der Waals surface area (Å²) in [4.78, 5) is 4.16. The first kappa shape index (κ1) is 9.78. The zero-order valence-electron chi connectivity index (χ0n) is 8.25. The van der Waals surface area contributed by atoms with Crippen LogP contribution in [0.15, 0.2) is 40.7 Å². The van der Waals surface area contributed by atoms with E-state index in [4.69, 9.17) is 0 Å². The van der Waals surface area contributed by atoms with Gasteiger partial charge in [0.1, 0.15) is 0 Å². The lowest BCUT2D eigenvalue weighted by atomic mass is 10.0. The van der Waals surface area contributed by atoms with Gasteiger partial charge < -0.3 is 5.32 Å². The largest absolute Gasteiger partial charge is 0.394 e.